The maximum Gasteiger partial charge on any atom is 0.167 e. The molecule has 19 heteroatoms. The molecule has 1 aromatic carbocycles. The second-order valence-corrected chi connectivity index (χ2v) is 15.0. The molecule has 3 N–H and O–H groups in total. The van der Waals surface area contributed by atoms with E-state index in [0.717, 1.165) is 0 Å². The van der Waals surface area contributed by atoms with Gasteiger partial charge in [-0.1, -0.05) is 30.3 Å². The van der Waals surface area contributed by atoms with Gasteiger partial charge in [-0.3, -0.25) is 9.65 Å². The van der Waals surface area contributed by atoms with Crippen LogP contribution < -0.4 is 25.7 Å². The topological polar surface area (TPSA) is 239 Å². The Morgan fingerprint density at radius 2 is 1.88 bits per heavy atom. The molecule has 3 aromatic rings. The van der Waals surface area contributed by atoms with Crippen LogP contribution in [0.1, 0.15) is 31.7 Å². The number of halogens is 1. The van der Waals surface area contributed by atoms with Gasteiger partial charge < -0.3 is 53.3 Å². The van der Waals surface area contributed by atoms with Crippen LogP contribution in [-0.2, 0) is 32.7 Å². The average molecular weight is 630 g/mol. The number of imidazole rings is 1. The van der Waals surface area contributed by atoms with E-state index in [1.54, 1.807) is 25.0 Å². The van der Waals surface area contributed by atoms with E-state index in [-0.39, 0.29) is 11.4 Å². The first-order valence-electron chi connectivity index (χ1n) is 12.1. The van der Waals surface area contributed by atoms with Gasteiger partial charge >= 0.3 is 0 Å². The van der Waals surface area contributed by atoms with Gasteiger partial charge in [0.2, 0.25) is 0 Å². The van der Waals surface area contributed by atoms with Crippen molar-refractivity contribution in [3.05, 3.63) is 48.5 Å². The first kappa shape index (κ1) is 30.0. The number of hydrogen-bond acceptors (Lipinski definition) is 14. The molecule has 0 bridgehead atoms. The predicted molar refractivity (Wildman–Crippen MR) is 136 cm³/mol. The molecule has 0 spiro atoms. The maximum absolute atomic E-state index is 12.9. The standard InChI is InChI=1S/C22H27ClN6O10P2/c1-22(2)38-15-12(37-19(16(15)39-22)29-10-27-14-17(24)25-9-26-18(14)29)8-36-41(34,35)21(23)40(32,33)28-13(20(30)31)11-6-4-3-5-7-11/h3-7,9-10,12-13,15-16,19,21H,8H2,1-2H3,(H,30,31)(H,34,35)(H2,24,25,26)(H2,28,32,33)/p-3/t12?,13-,15?,16?,19?,21-/m1/s1. The molecule has 0 radical (unpaired) electrons. The third-order valence-electron chi connectivity index (χ3n) is 6.42. The van der Waals surface area contributed by atoms with Gasteiger partial charge in [0.05, 0.1) is 24.9 Å². The number of nitrogens with two attached hydrogens (primary N) is 1. The number of ether oxygens (including phenoxy) is 3. The van der Waals surface area contributed by atoms with E-state index in [0.29, 0.717) is 11.2 Å². The summed E-state index contributed by atoms with van der Waals surface area (Å²) in [4.78, 5) is 47.0. The third kappa shape index (κ3) is 5.90. The lowest BCUT2D eigenvalue weighted by molar-refractivity contribution is -0.309. The lowest BCUT2D eigenvalue weighted by Gasteiger charge is -2.39. The van der Waals surface area contributed by atoms with Crippen molar-refractivity contribution < 1.29 is 47.6 Å². The number of hydrogen-bond donors (Lipinski definition) is 2. The summed E-state index contributed by atoms with van der Waals surface area (Å²) in [6, 6.07) is 5.27. The molecule has 2 aliphatic rings. The van der Waals surface area contributed by atoms with Gasteiger partial charge in [-0.05, 0) is 19.4 Å². The number of aliphatic carboxylic acids is 1. The maximum atomic E-state index is 12.9. The molecule has 8 atom stereocenters. The molecule has 0 saturated carbocycles. The summed E-state index contributed by atoms with van der Waals surface area (Å²) >= 11 is 5.85. The van der Waals surface area contributed by atoms with Crippen LogP contribution in [0.5, 0.6) is 0 Å². The number of carboxylic acid groups (broad SMARTS) is 1. The van der Waals surface area contributed by atoms with Crippen molar-refractivity contribution in [1.29, 1.82) is 0 Å². The van der Waals surface area contributed by atoms with Crippen LogP contribution in [0.2, 0.25) is 0 Å². The Morgan fingerprint density at radius 1 is 1.20 bits per heavy atom. The van der Waals surface area contributed by atoms with Crippen LogP contribution in [0.3, 0.4) is 0 Å². The fourth-order valence-electron chi connectivity index (χ4n) is 4.65. The van der Waals surface area contributed by atoms with Gasteiger partial charge in [0.15, 0.2) is 35.9 Å². The Hall–Kier alpha value is -2.49. The lowest BCUT2D eigenvalue weighted by Crippen LogP contribution is -2.41. The van der Waals surface area contributed by atoms with Crippen molar-refractivity contribution in [2.45, 2.75) is 55.1 Å². The smallest absolute Gasteiger partial charge is 0.167 e. The monoisotopic (exact) mass is 629 g/mol. The van der Waals surface area contributed by atoms with Crippen LogP contribution in [0.4, 0.5) is 5.82 Å². The first-order valence-corrected chi connectivity index (χ1v) is 15.8. The Labute approximate surface area is 237 Å². The van der Waals surface area contributed by atoms with Crippen molar-refractivity contribution >= 4 is 49.7 Å². The van der Waals surface area contributed by atoms with Crippen LogP contribution in [-0.4, -0.2) is 61.1 Å². The van der Waals surface area contributed by atoms with Crippen LogP contribution in [0, 0.1) is 0 Å². The molecule has 222 valence electrons. The molecular formula is C22H24ClN6O10P2-3. The summed E-state index contributed by atoms with van der Waals surface area (Å²) in [5, 5.41) is 13.4. The molecule has 16 nitrogen and oxygen atoms in total. The summed E-state index contributed by atoms with van der Waals surface area (Å²) in [6.45, 7) is 2.60. The Balaban J connectivity index is 1.33. The lowest BCUT2D eigenvalue weighted by atomic mass is 10.1. The predicted octanol–water partition coefficient (Wildman–Crippen LogP) is -0.447. The number of nitrogens with one attached hydrogen (secondary N) is 1. The molecular weight excluding hydrogens is 606 g/mol. The number of anilines is 1. The number of nitrogens with zero attached hydrogens (tertiary/aromatic N) is 4. The number of carbonyl (C=O) groups excluding carboxylic acids is 1. The summed E-state index contributed by atoms with van der Waals surface area (Å²) in [5.74, 6) is -2.76. The van der Waals surface area contributed by atoms with Gasteiger partial charge in [0, 0.05) is 0 Å². The van der Waals surface area contributed by atoms with Crippen molar-refractivity contribution in [1.82, 2.24) is 24.6 Å². The number of carboxylic acids is 1. The quantitative estimate of drug-likeness (QED) is 0.213. The van der Waals surface area contributed by atoms with E-state index in [9.17, 15) is 28.8 Å². The van der Waals surface area contributed by atoms with Crippen molar-refractivity contribution in [2.24, 2.45) is 0 Å². The van der Waals surface area contributed by atoms with Crippen molar-refractivity contribution in [2.75, 3.05) is 12.3 Å². The summed E-state index contributed by atoms with van der Waals surface area (Å²) in [6.07, 6.45) is -0.957. The molecule has 2 aliphatic heterocycles. The second kappa shape index (κ2) is 11.0. The molecule has 5 rings (SSSR count). The fourth-order valence-corrected chi connectivity index (χ4v) is 8.09. The number of rotatable bonds is 10. The molecule has 2 aromatic heterocycles. The van der Waals surface area contributed by atoms with Crippen molar-refractivity contribution in [3.63, 3.8) is 0 Å². The number of benzene rings is 1. The normalized spacial score (nSPS) is 28.0. The summed E-state index contributed by atoms with van der Waals surface area (Å²) in [5.41, 5.74) is 6.51. The first-order chi connectivity index (χ1) is 19.2. The van der Waals surface area contributed by atoms with E-state index in [1.165, 1.54) is 41.5 Å². The Morgan fingerprint density at radius 3 is 2.56 bits per heavy atom. The molecule has 6 unspecified atom stereocenters. The van der Waals surface area contributed by atoms with Gasteiger partial charge in [-0.2, -0.15) is 0 Å². The number of aromatic nitrogens is 4. The van der Waals surface area contributed by atoms with Crippen molar-refractivity contribution in [3.8, 4) is 0 Å². The number of alkyl halides is 1. The molecule has 4 heterocycles. The SMILES string of the molecule is CC1(C)OC2C(COP(=O)([O-])[C@H](Cl)P(=O)([O-])N[C@@H](C(=O)[O-])c3ccccc3)OC(n3cnc4c(N)ncnc43)C2O1. The zero-order valence-electron chi connectivity index (χ0n) is 21.4. The molecule has 2 fully saturated rings. The highest BCUT2D eigenvalue weighted by Gasteiger charge is 2.56. The second-order valence-electron chi connectivity index (χ2n) is 9.75. The third-order valence-corrected chi connectivity index (χ3v) is 11.9. The highest BCUT2D eigenvalue weighted by molar-refractivity contribution is 7.74. The van der Waals surface area contributed by atoms with E-state index in [4.69, 9.17) is 36.1 Å². The largest absolute Gasteiger partial charge is 0.786 e. The zero-order chi connectivity index (χ0) is 29.7. The molecule has 41 heavy (non-hydrogen) atoms. The fraction of sp³-hybridized carbons (Fsp3) is 0.455. The van der Waals surface area contributed by atoms with E-state index in [2.05, 4.69) is 15.0 Å². The Kier molecular flexibility index (Phi) is 8.02. The van der Waals surface area contributed by atoms with E-state index < -0.39 is 68.9 Å². The molecule has 0 amide bonds. The van der Waals surface area contributed by atoms with Crippen LogP contribution in [0.15, 0.2) is 43.0 Å². The van der Waals surface area contributed by atoms with Gasteiger partial charge in [0.1, 0.15) is 37.7 Å². The van der Waals surface area contributed by atoms with E-state index >= 15 is 0 Å². The number of carbonyl (C=O) groups is 1. The van der Waals surface area contributed by atoms with E-state index in [1.807, 2.05) is 0 Å². The average Bonchev–Trinajstić information content (AvgIpc) is 3.57. The molecule has 2 saturated heterocycles. The highest BCUT2D eigenvalue weighted by Crippen LogP contribution is 2.61. The van der Waals surface area contributed by atoms with Crippen LogP contribution in [0.25, 0.3) is 11.2 Å². The summed E-state index contributed by atoms with van der Waals surface area (Å²) in [7, 11) is -10.8. The molecule has 0 aliphatic carbocycles. The minimum absolute atomic E-state index is 0.00517. The van der Waals surface area contributed by atoms with Gasteiger partial charge in [0.25, 0.3) is 0 Å². The summed E-state index contributed by atoms with van der Waals surface area (Å²) < 4.78 is 50.2. The highest BCUT2D eigenvalue weighted by atomic mass is 35.5. The van der Waals surface area contributed by atoms with Crippen LogP contribution >= 0.6 is 26.7 Å². The Bertz CT molecular complexity index is 1540. The van der Waals surface area contributed by atoms with Gasteiger partial charge in [-0.15, -0.1) is 11.6 Å². The number of nitrogen functional groups attached to an aromatic ring is 1. The minimum Gasteiger partial charge on any atom is -0.786 e. The van der Waals surface area contributed by atoms with Gasteiger partial charge in [-0.25, -0.2) is 15.0 Å². The number of fused-ring (bicyclic) bond motifs is 2. The minimum atomic E-state index is -5.40. The zero-order valence-corrected chi connectivity index (χ0v) is 24.0.